The smallest absolute Gasteiger partial charge is 0.127 e. The molecule has 2 rings (SSSR count). The highest BCUT2D eigenvalue weighted by Gasteiger charge is 2.13. The van der Waals surface area contributed by atoms with Gasteiger partial charge >= 0.3 is 0 Å². The van der Waals surface area contributed by atoms with Crippen molar-refractivity contribution in [1.82, 2.24) is 5.32 Å². The van der Waals surface area contributed by atoms with Gasteiger partial charge in [-0.05, 0) is 42.5 Å². The fourth-order valence-electron chi connectivity index (χ4n) is 1.94. The van der Waals surface area contributed by atoms with E-state index in [1.165, 1.54) is 23.6 Å². The van der Waals surface area contributed by atoms with E-state index in [0.717, 1.165) is 12.8 Å². The first-order valence-electron chi connectivity index (χ1n) is 5.79. The number of hydrogen-bond acceptors (Lipinski definition) is 3. The minimum atomic E-state index is -0.235. The molecule has 0 amide bonds. The van der Waals surface area contributed by atoms with Crippen molar-refractivity contribution in [2.75, 3.05) is 11.5 Å². The SMILES string of the molecule is N#Cc1ccc(F)c(CNC2CCSCC2)c1. The lowest BCUT2D eigenvalue weighted by Gasteiger charge is -2.22. The van der Waals surface area contributed by atoms with Gasteiger partial charge in [0.1, 0.15) is 5.82 Å². The molecular weight excluding hydrogens is 235 g/mol. The summed E-state index contributed by atoms with van der Waals surface area (Å²) in [4.78, 5) is 0. The van der Waals surface area contributed by atoms with Crippen molar-refractivity contribution in [1.29, 1.82) is 5.26 Å². The van der Waals surface area contributed by atoms with Crippen molar-refractivity contribution in [3.8, 4) is 6.07 Å². The van der Waals surface area contributed by atoms with Gasteiger partial charge in [-0.25, -0.2) is 4.39 Å². The second-order valence-corrected chi connectivity index (χ2v) is 5.41. The van der Waals surface area contributed by atoms with E-state index in [4.69, 9.17) is 5.26 Å². The highest BCUT2D eigenvalue weighted by atomic mass is 32.2. The molecule has 0 atom stereocenters. The Hall–Kier alpha value is -1.05. The lowest BCUT2D eigenvalue weighted by Crippen LogP contribution is -2.32. The van der Waals surface area contributed by atoms with Gasteiger partial charge in [-0.3, -0.25) is 0 Å². The van der Waals surface area contributed by atoms with Crippen LogP contribution in [0.4, 0.5) is 4.39 Å². The fraction of sp³-hybridized carbons (Fsp3) is 0.462. The second-order valence-electron chi connectivity index (χ2n) is 4.19. The van der Waals surface area contributed by atoms with Crippen LogP contribution in [0.1, 0.15) is 24.0 Å². The van der Waals surface area contributed by atoms with Crippen LogP contribution in [0.25, 0.3) is 0 Å². The van der Waals surface area contributed by atoms with Gasteiger partial charge in [-0.2, -0.15) is 17.0 Å². The molecule has 1 aromatic carbocycles. The Morgan fingerprint density at radius 1 is 1.41 bits per heavy atom. The third-order valence-electron chi connectivity index (χ3n) is 2.98. The van der Waals surface area contributed by atoms with Crippen LogP contribution in [0.3, 0.4) is 0 Å². The average molecular weight is 250 g/mol. The molecule has 1 aliphatic heterocycles. The Morgan fingerprint density at radius 2 is 2.18 bits per heavy atom. The van der Waals surface area contributed by atoms with Gasteiger partial charge in [0.05, 0.1) is 11.6 Å². The quantitative estimate of drug-likeness (QED) is 0.896. The number of halogens is 1. The predicted octanol–water partition coefficient (Wildman–Crippen LogP) is 2.68. The summed E-state index contributed by atoms with van der Waals surface area (Å²) < 4.78 is 13.5. The zero-order chi connectivity index (χ0) is 12.1. The topological polar surface area (TPSA) is 35.8 Å². The van der Waals surface area contributed by atoms with Gasteiger partial charge in [0.15, 0.2) is 0 Å². The lowest BCUT2D eigenvalue weighted by atomic mass is 10.1. The van der Waals surface area contributed by atoms with E-state index in [9.17, 15) is 4.39 Å². The van der Waals surface area contributed by atoms with E-state index in [1.54, 1.807) is 6.07 Å². The summed E-state index contributed by atoms with van der Waals surface area (Å²) >= 11 is 1.97. The van der Waals surface area contributed by atoms with E-state index in [-0.39, 0.29) is 5.82 Å². The summed E-state index contributed by atoms with van der Waals surface area (Å²) in [5, 5.41) is 12.1. The first kappa shape index (κ1) is 12.4. The molecule has 0 aromatic heterocycles. The van der Waals surface area contributed by atoms with Crippen LogP contribution in [-0.2, 0) is 6.54 Å². The molecule has 0 bridgehead atoms. The highest BCUT2D eigenvalue weighted by molar-refractivity contribution is 7.99. The number of nitriles is 1. The van der Waals surface area contributed by atoms with E-state index in [0.29, 0.717) is 23.7 Å². The molecule has 0 unspecified atom stereocenters. The maximum absolute atomic E-state index is 13.5. The molecule has 0 aliphatic carbocycles. The van der Waals surface area contributed by atoms with Crippen molar-refractivity contribution >= 4 is 11.8 Å². The van der Waals surface area contributed by atoms with Gasteiger partial charge in [-0.15, -0.1) is 0 Å². The molecule has 4 heteroatoms. The van der Waals surface area contributed by atoms with Gasteiger partial charge in [0, 0.05) is 18.2 Å². The summed E-state index contributed by atoms with van der Waals surface area (Å²) in [6.07, 6.45) is 2.29. The number of thioether (sulfide) groups is 1. The summed E-state index contributed by atoms with van der Waals surface area (Å²) in [6.45, 7) is 0.511. The summed E-state index contributed by atoms with van der Waals surface area (Å²) in [7, 11) is 0. The van der Waals surface area contributed by atoms with E-state index in [2.05, 4.69) is 5.32 Å². The number of nitrogens with one attached hydrogen (secondary N) is 1. The second kappa shape index (κ2) is 6.04. The molecule has 90 valence electrons. The molecule has 1 aliphatic rings. The Balaban J connectivity index is 1.95. The molecule has 17 heavy (non-hydrogen) atoms. The van der Waals surface area contributed by atoms with Crippen LogP contribution in [0.2, 0.25) is 0 Å². The zero-order valence-corrected chi connectivity index (χ0v) is 10.4. The third-order valence-corrected chi connectivity index (χ3v) is 4.03. The Morgan fingerprint density at radius 3 is 2.88 bits per heavy atom. The molecule has 0 radical (unpaired) electrons. The van der Waals surface area contributed by atoms with Crippen LogP contribution in [-0.4, -0.2) is 17.5 Å². The van der Waals surface area contributed by atoms with Crippen molar-refractivity contribution in [3.05, 3.63) is 35.1 Å². The van der Waals surface area contributed by atoms with Crippen molar-refractivity contribution in [3.63, 3.8) is 0 Å². The Bertz CT molecular complexity index is 422. The molecule has 1 fully saturated rings. The normalized spacial score (nSPS) is 16.7. The maximum Gasteiger partial charge on any atom is 0.127 e. The van der Waals surface area contributed by atoms with E-state index >= 15 is 0 Å². The van der Waals surface area contributed by atoms with E-state index < -0.39 is 0 Å². The van der Waals surface area contributed by atoms with E-state index in [1.807, 2.05) is 17.8 Å². The molecule has 1 aromatic rings. The molecule has 0 spiro atoms. The minimum absolute atomic E-state index is 0.235. The van der Waals surface area contributed by atoms with Gasteiger partial charge in [0.2, 0.25) is 0 Å². The minimum Gasteiger partial charge on any atom is -0.310 e. The maximum atomic E-state index is 13.5. The fourth-order valence-corrected chi connectivity index (χ4v) is 3.04. The summed E-state index contributed by atoms with van der Waals surface area (Å²) in [5.41, 5.74) is 1.10. The predicted molar refractivity (Wildman–Crippen MR) is 68.3 cm³/mol. The number of nitrogens with zero attached hydrogens (tertiary/aromatic N) is 1. The molecule has 2 nitrogen and oxygen atoms in total. The highest BCUT2D eigenvalue weighted by Crippen LogP contribution is 2.18. The first-order valence-corrected chi connectivity index (χ1v) is 6.94. The summed E-state index contributed by atoms with van der Waals surface area (Å²) in [6, 6.07) is 7.02. The first-order chi connectivity index (χ1) is 8.29. The van der Waals surface area contributed by atoms with Crippen molar-refractivity contribution in [2.24, 2.45) is 0 Å². The van der Waals surface area contributed by atoms with Crippen LogP contribution in [0.15, 0.2) is 18.2 Å². The molecule has 1 heterocycles. The third kappa shape index (κ3) is 3.45. The van der Waals surface area contributed by atoms with Crippen LogP contribution in [0.5, 0.6) is 0 Å². The van der Waals surface area contributed by atoms with Crippen LogP contribution >= 0.6 is 11.8 Å². The van der Waals surface area contributed by atoms with Crippen LogP contribution in [0, 0.1) is 17.1 Å². The number of hydrogen-bond donors (Lipinski definition) is 1. The van der Waals surface area contributed by atoms with Gasteiger partial charge < -0.3 is 5.32 Å². The molecule has 1 saturated heterocycles. The average Bonchev–Trinajstić information content (AvgIpc) is 2.39. The number of rotatable bonds is 3. The summed E-state index contributed by atoms with van der Waals surface area (Å²) in [5.74, 6) is 2.12. The Labute approximate surface area is 105 Å². The van der Waals surface area contributed by atoms with Crippen LogP contribution < -0.4 is 5.32 Å². The Kier molecular flexibility index (Phi) is 4.41. The van der Waals surface area contributed by atoms with Crippen molar-refractivity contribution in [2.45, 2.75) is 25.4 Å². The van der Waals surface area contributed by atoms with Gasteiger partial charge in [0.25, 0.3) is 0 Å². The monoisotopic (exact) mass is 250 g/mol. The largest absolute Gasteiger partial charge is 0.310 e. The van der Waals surface area contributed by atoms with Gasteiger partial charge in [-0.1, -0.05) is 0 Å². The standard InChI is InChI=1S/C13H15FN2S/c14-13-2-1-10(8-15)7-11(13)9-16-12-3-5-17-6-4-12/h1-2,7,12,16H,3-6,9H2. The van der Waals surface area contributed by atoms with Crippen molar-refractivity contribution < 1.29 is 4.39 Å². The number of benzene rings is 1. The molecule has 1 N–H and O–H groups in total. The molecule has 0 saturated carbocycles. The zero-order valence-electron chi connectivity index (χ0n) is 9.58. The molecular formula is C13H15FN2S. The lowest BCUT2D eigenvalue weighted by molar-refractivity contribution is 0.473.